The van der Waals surface area contributed by atoms with Crippen LogP contribution in [0.15, 0.2) is 48.5 Å². The molecule has 0 heterocycles. The van der Waals surface area contributed by atoms with Crippen LogP contribution < -0.4 is 9.47 Å². The maximum atomic E-state index is 5.77. The number of ether oxygens (including phenoxy) is 2. The van der Waals surface area contributed by atoms with Crippen LogP contribution >= 0.6 is 22.6 Å². The lowest BCUT2D eigenvalue weighted by molar-refractivity contribution is 0.353. The molecule has 2 nitrogen and oxygen atoms in total. The summed E-state index contributed by atoms with van der Waals surface area (Å²) in [6.07, 6.45) is 0. The quantitative estimate of drug-likeness (QED) is 0.278. The predicted molar refractivity (Wildman–Crippen MR) is 145 cm³/mol. The van der Waals surface area contributed by atoms with E-state index in [2.05, 4.69) is 107 Å². The first-order chi connectivity index (χ1) is 15.2. The Morgan fingerprint density at radius 2 is 1.28 bits per heavy atom. The molecule has 0 aliphatic carbocycles. The summed E-state index contributed by atoms with van der Waals surface area (Å²) in [5, 5.41) is 0. The van der Waals surface area contributed by atoms with E-state index in [-0.39, 0.29) is 0 Å². The van der Waals surface area contributed by atoms with Gasteiger partial charge in [0.05, 0.1) is 17.8 Å². The molecular formula is C29H35IO2. The van der Waals surface area contributed by atoms with Gasteiger partial charge in [-0.05, 0) is 91.4 Å². The zero-order valence-electron chi connectivity index (χ0n) is 20.5. The highest BCUT2D eigenvalue weighted by molar-refractivity contribution is 14.1. The normalized spacial score (nSPS) is 11.5. The maximum absolute atomic E-state index is 5.77. The molecule has 0 saturated heterocycles. The number of halogens is 1. The third-order valence-corrected chi connectivity index (χ3v) is 7.14. The van der Waals surface area contributed by atoms with E-state index in [1.165, 1.54) is 38.9 Å². The second-order valence-corrected chi connectivity index (χ2v) is 10.3. The third kappa shape index (κ3) is 4.54. The molecule has 0 spiro atoms. The fourth-order valence-electron chi connectivity index (χ4n) is 4.55. The number of rotatable bonds is 7. The molecule has 0 saturated carbocycles. The van der Waals surface area contributed by atoms with Gasteiger partial charge in [-0.3, -0.25) is 0 Å². The monoisotopic (exact) mass is 542 g/mol. The first-order valence-electron chi connectivity index (χ1n) is 11.4. The van der Waals surface area contributed by atoms with Gasteiger partial charge >= 0.3 is 0 Å². The van der Waals surface area contributed by atoms with E-state index >= 15 is 0 Å². The Kier molecular flexibility index (Phi) is 7.92. The Labute approximate surface area is 207 Å². The summed E-state index contributed by atoms with van der Waals surface area (Å²) in [6.45, 7) is 13.8. The van der Waals surface area contributed by atoms with E-state index in [9.17, 15) is 0 Å². The first kappa shape index (κ1) is 24.6. The van der Waals surface area contributed by atoms with Crippen LogP contribution in [0.5, 0.6) is 11.5 Å². The van der Waals surface area contributed by atoms with Gasteiger partial charge in [0.25, 0.3) is 0 Å². The topological polar surface area (TPSA) is 18.5 Å². The molecule has 3 aromatic rings. The van der Waals surface area contributed by atoms with Crippen molar-refractivity contribution in [1.29, 1.82) is 0 Å². The lowest BCUT2D eigenvalue weighted by atomic mass is 9.76. The van der Waals surface area contributed by atoms with E-state index in [0.29, 0.717) is 17.8 Å². The van der Waals surface area contributed by atoms with Crippen molar-refractivity contribution in [2.45, 2.75) is 59.3 Å². The molecule has 0 unspecified atom stereocenters. The molecule has 0 N–H and O–H groups in total. The molecule has 32 heavy (non-hydrogen) atoms. The minimum atomic E-state index is 0.361. The molecule has 0 aliphatic rings. The van der Waals surface area contributed by atoms with Crippen molar-refractivity contribution in [3.8, 4) is 33.8 Å². The van der Waals surface area contributed by atoms with Crippen molar-refractivity contribution in [3.63, 3.8) is 0 Å². The van der Waals surface area contributed by atoms with Crippen molar-refractivity contribution in [1.82, 2.24) is 0 Å². The summed E-state index contributed by atoms with van der Waals surface area (Å²) in [5.74, 6) is 2.75. The number of hydrogen-bond donors (Lipinski definition) is 0. The molecular weight excluding hydrogens is 507 g/mol. The zero-order chi connectivity index (χ0) is 23.6. The van der Waals surface area contributed by atoms with Crippen LogP contribution in [-0.4, -0.2) is 14.2 Å². The lowest BCUT2D eigenvalue weighted by Gasteiger charge is -2.29. The Hall–Kier alpha value is -2.01. The summed E-state index contributed by atoms with van der Waals surface area (Å²) in [7, 11) is 3.41. The number of hydrogen-bond acceptors (Lipinski definition) is 2. The largest absolute Gasteiger partial charge is 0.493 e. The van der Waals surface area contributed by atoms with Gasteiger partial charge in [0.15, 0.2) is 11.5 Å². The second kappa shape index (κ2) is 10.3. The summed E-state index contributed by atoms with van der Waals surface area (Å²) < 4.78 is 12.4. The van der Waals surface area contributed by atoms with E-state index in [0.717, 1.165) is 15.1 Å². The number of methoxy groups -OCH3 is 2. The fourth-order valence-corrected chi connectivity index (χ4v) is 5.48. The van der Waals surface area contributed by atoms with Gasteiger partial charge in [-0.1, -0.05) is 77.9 Å². The molecule has 0 fully saturated rings. The van der Waals surface area contributed by atoms with Crippen molar-refractivity contribution >= 4 is 22.6 Å². The maximum Gasteiger partial charge on any atom is 0.174 e. The minimum absolute atomic E-state index is 0.361. The van der Waals surface area contributed by atoms with Crippen LogP contribution in [0.3, 0.4) is 0 Å². The smallest absolute Gasteiger partial charge is 0.174 e. The van der Waals surface area contributed by atoms with E-state index in [1.807, 2.05) is 6.07 Å². The molecule has 3 aromatic carbocycles. The Balaban J connectivity index is 2.54. The van der Waals surface area contributed by atoms with Crippen LogP contribution in [0, 0.1) is 3.57 Å². The predicted octanol–water partition coefficient (Wildman–Crippen LogP) is 9.01. The van der Waals surface area contributed by atoms with Crippen LogP contribution in [0.25, 0.3) is 22.3 Å². The number of benzene rings is 3. The van der Waals surface area contributed by atoms with Gasteiger partial charge < -0.3 is 9.47 Å². The summed E-state index contributed by atoms with van der Waals surface area (Å²) in [4.78, 5) is 0. The van der Waals surface area contributed by atoms with E-state index in [1.54, 1.807) is 14.2 Å². The Morgan fingerprint density at radius 1 is 0.688 bits per heavy atom. The van der Waals surface area contributed by atoms with Crippen LogP contribution in [0.1, 0.15) is 76.0 Å². The molecule has 0 aromatic heterocycles. The van der Waals surface area contributed by atoms with Gasteiger partial charge in [0.1, 0.15) is 0 Å². The average Bonchev–Trinajstić information content (AvgIpc) is 2.77. The summed E-state index contributed by atoms with van der Waals surface area (Å²) >= 11 is 2.42. The van der Waals surface area contributed by atoms with Crippen molar-refractivity contribution in [2.24, 2.45) is 0 Å². The van der Waals surface area contributed by atoms with Gasteiger partial charge in [0.2, 0.25) is 0 Å². The first-order valence-corrected chi connectivity index (χ1v) is 12.5. The SMILES string of the molecule is COc1ccc(-c2c(C(C)C)cc(C(C)C)c(-c3ccccc3)c2C(C)C)c(I)c1OC. The summed E-state index contributed by atoms with van der Waals surface area (Å²) in [5.41, 5.74) is 9.43. The highest BCUT2D eigenvalue weighted by Gasteiger charge is 2.27. The second-order valence-electron chi connectivity index (χ2n) is 9.21. The Bertz CT molecular complexity index is 1080. The van der Waals surface area contributed by atoms with Gasteiger partial charge in [-0.2, -0.15) is 0 Å². The lowest BCUT2D eigenvalue weighted by Crippen LogP contribution is -2.08. The van der Waals surface area contributed by atoms with Crippen LogP contribution in [0.4, 0.5) is 0 Å². The molecule has 3 rings (SSSR count). The molecule has 0 bridgehead atoms. The minimum Gasteiger partial charge on any atom is -0.493 e. The molecule has 0 aliphatic heterocycles. The van der Waals surface area contributed by atoms with E-state index < -0.39 is 0 Å². The van der Waals surface area contributed by atoms with Crippen molar-refractivity contribution in [2.75, 3.05) is 14.2 Å². The molecule has 170 valence electrons. The van der Waals surface area contributed by atoms with Crippen LogP contribution in [0.2, 0.25) is 0 Å². The van der Waals surface area contributed by atoms with Gasteiger partial charge in [-0.15, -0.1) is 0 Å². The highest BCUT2D eigenvalue weighted by atomic mass is 127. The van der Waals surface area contributed by atoms with Crippen LogP contribution in [-0.2, 0) is 0 Å². The average molecular weight is 543 g/mol. The Morgan fingerprint density at radius 3 is 1.78 bits per heavy atom. The fraction of sp³-hybridized carbons (Fsp3) is 0.379. The van der Waals surface area contributed by atoms with E-state index in [4.69, 9.17) is 9.47 Å². The third-order valence-electron chi connectivity index (χ3n) is 6.07. The summed E-state index contributed by atoms with van der Waals surface area (Å²) in [6, 6.07) is 17.5. The molecule has 0 amide bonds. The van der Waals surface area contributed by atoms with Crippen molar-refractivity contribution in [3.05, 3.63) is 68.8 Å². The standard InChI is InChI=1S/C29H35IO2/c1-17(2)22-16-23(18(3)4)27(21-14-15-24(31-7)29(32-8)28(21)30)25(19(5)6)26(22)20-12-10-9-11-13-20/h9-19H,1-8H3. The zero-order valence-corrected chi connectivity index (χ0v) is 22.7. The molecule has 0 radical (unpaired) electrons. The van der Waals surface area contributed by atoms with Crippen molar-refractivity contribution < 1.29 is 9.47 Å². The van der Waals surface area contributed by atoms with Gasteiger partial charge in [-0.25, -0.2) is 0 Å². The molecule has 0 atom stereocenters. The molecule has 3 heteroatoms. The highest BCUT2D eigenvalue weighted by Crippen LogP contribution is 2.49. The van der Waals surface area contributed by atoms with Gasteiger partial charge in [0, 0.05) is 0 Å².